The molecule has 1 amide bonds. The first-order valence-corrected chi connectivity index (χ1v) is 5.74. The van der Waals surface area contributed by atoms with Crippen LogP contribution in [0.1, 0.15) is 5.56 Å². The first-order valence-electron chi connectivity index (χ1n) is 5.74. The van der Waals surface area contributed by atoms with Gasteiger partial charge in [0.25, 0.3) is 0 Å². The molecule has 100 valence electrons. The predicted molar refractivity (Wildman–Crippen MR) is 71.5 cm³/mol. The topological polar surface area (TPSA) is 80.5 Å². The van der Waals surface area contributed by atoms with Crippen LogP contribution in [0.5, 0.6) is 0 Å². The van der Waals surface area contributed by atoms with Crippen molar-refractivity contribution >= 4 is 17.4 Å². The van der Waals surface area contributed by atoms with Gasteiger partial charge in [-0.25, -0.2) is 4.98 Å². The van der Waals surface area contributed by atoms with E-state index in [4.69, 9.17) is 10.5 Å². The lowest BCUT2D eigenvalue weighted by Crippen LogP contribution is -2.37. The Morgan fingerprint density at radius 2 is 2.33 bits per heavy atom. The van der Waals surface area contributed by atoms with Gasteiger partial charge in [-0.05, 0) is 18.6 Å². The minimum atomic E-state index is -0.0859. The molecule has 1 heterocycles. The standard InChI is InChI=1S/C12H20N4O2/c1-9-4-5-15-12(11(9)13)16(2)8-10(17)14-6-7-18-3/h4-5H,6-8,13H2,1-3H3,(H,14,17). The maximum Gasteiger partial charge on any atom is 0.239 e. The highest BCUT2D eigenvalue weighted by molar-refractivity contribution is 5.82. The normalized spacial score (nSPS) is 10.2. The van der Waals surface area contributed by atoms with Crippen molar-refractivity contribution in [2.75, 3.05) is 44.5 Å². The molecule has 1 aromatic heterocycles. The van der Waals surface area contributed by atoms with E-state index in [1.807, 2.05) is 13.0 Å². The Labute approximate surface area is 107 Å². The van der Waals surface area contributed by atoms with Crippen LogP contribution in [-0.4, -0.2) is 44.7 Å². The Kier molecular flexibility index (Phi) is 5.38. The summed E-state index contributed by atoms with van der Waals surface area (Å²) < 4.78 is 4.86. The highest BCUT2D eigenvalue weighted by Gasteiger charge is 2.11. The predicted octanol–water partition coefficient (Wildman–Crippen LogP) is 0.171. The number of nitrogens with one attached hydrogen (secondary N) is 1. The van der Waals surface area contributed by atoms with E-state index in [-0.39, 0.29) is 12.5 Å². The lowest BCUT2D eigenvalue weighted by atomic mass is 10.2. The average molecular weight is 252 g/mol. The molecule has 0 spiro atoms. The van der Waals surface area contributed by atoms with E-state index < -0.39 is 0 Å². The third-order valence-corrected chi connectivity index (χ3v) is 2.56. The minimum Gasteiger partial charge on any atom is -0.396 e. The van der Waals surface area contributed by atoms with Gasteiger partial charge in [0.2, 0.25) is 5.91 Å². The molecule has 0 saturated heterocycles. The molecule has 0 saturated carbocycles. The minimum absolute atomic E-state index is 0.0859. The lowest BCUT2D eigenvalue weighted by Gasteiger charge is -2.20. The van der Waals surface area contributed by atoms with Gasteiger partial charge in [0.15, 0.2) is 5.82 Å². The van der Waals surface area contributed by atoms with Gasteiger partial charge in [-0.2, -0.15) is 0 Å². The Balaban J connectivity index is 2.57. The number of carbonyl (C=O) groups is 1. The van der Waals surface area contributed by atoms with E-state index in [2.05, 4.69) is 10.3 Å². The van der Waals surface area contributed by atoms with Crippen LogP contribution in [0, 0.1) is 6.92 Å². The molecule has 0 bridgehead atoms. The number of rotatable bonds is 6. The summed E-state index contributed by atoms with van der Waals surface area (Å²) in [6.07, 6.45) is 1.68. The van der Waals surface area contributed by atoms with Crippen LogP contribution in [0.4, 0.5) is 11.5 Å². The zero-order valence-electron chi connectivity index (χ0n) is 11.1. The quantitative estimate of drug-likeness (QED) is 0.705. The number of methoxy groups -OCH3 is 1. The van der Waals surface area contributed by atoms with Crippen molar-refractivity contribution in [3.05, 3.63) is 17.8 Å². The van der Waals surface area contributed by atoms with Crippen LogP contribution in [0.15, 0.2) is 12.3 Å². The summed E-state index contributed by atoms with van der Waals surface area (Å²) in [6, 6.07) is 1.84. The number of nitrogens with two attached hydrogens (primary N) is 1. The second kappa shape index (κ2) is 6.80. The molecule has 0 radical (unpaired) electrons. The summed E-state index contributed by atoms with van der Waals surface area (Å²) in [5, 5.41) is 2.74. The van der Waals surface area contributed by atoms with Crippen LogP contribution in [0.3, 0.4) is 0 Å². The number of aromatic nitrogens is 1. The number of pyridine rings is 1. The molecule has 18 heavy (non-hydrogen) atoms. The summed E-state index contributed by atoms with van der Waals surface area (Å²) in [4.78, 5) is 17.5. The van der Waals surface area contributed by atoms with Crippen molar-refractivity contribution < 1.29 is 9.53 Å². The van der Waals surface area contributed by atoms with Crippen LogP contribution in [0.25, 0.3) is 0 Å². The van der Waals surface area contributed by atoms with Gasteiger partial charge in [0.1, 0.15) is 0 Å². The molecule has 0 unspecified atom stereocenters. The molecular formula is C12H20N4O2. The summed E-state index contributed by atoms with van der Waals surface area (Å²) in [5.41, 5.74) is 7.48. The number of aryl methyl sites for hydroxylation is 1. The Morgan fingerprint density at radius 1 is 1.61 bits per heavy atom. The number of hydrogen-bond acceptors (Lipinski definition) is 5. The Hall–Kier alpha value is -1.82. The van der Waals surface area contributed by atoms with Gasteiger partial charge >= 0.3 is 0 Å². The first-order chi connectivity index (χ1) is 8.56. The van der Waals surface area contributed by atoms with Gasteiger partial charge in [-0.3, -0.25) is 4.79 Å². The van der Waals surface area contributed by atoms with Crippen molar-refractivity contribution in [1.29, 1.82) is 0 Å². The molecule has 6 heteroatoms. The zero-order chi connectivity index (χ0) is 13.5. The molecule has 0 aliphatic carbocycles. The van der Waals surface area contributed by atoms with Crippen molar-refractivity contribution in [3.8, 4) is 0 Å². The highest BCUT2D eigenvalue weighted by Crippen LogP contribution is 2.21. The summed E-state index contributed by atoms with van der Waals surface area (Å²) in [7, 11) is 3.38. The van der Waals surface area contributed by atoms with E-state index in [1.165, 1.54) is 0 Å². The number of anilines is 2. The van der Waals surface area contributed by atoms with E-state index in [0.717, 1.165) is 5.56 Å². The summed E-state index contributed by atoms with van der Waals surface area (Å²) >= 11 is 0. The third kappa shape index (κ3) is 3.89. The maximum atomic E-state index is 11.6. The first kappa shape index (κ1) is 14.2. The second-order valence-electron chi connectivity index (χ2n) is 4.06. The van der Waals surface area contributed by atoms with Gasteiger partial charge in [0, 0.05) is 26.9 Å². The Bertz CT molecular complexity index is 409. The lowest BCUT2D eigenvalue weighted by molar-refractivity contribution is -0.119. The monoisotopic (exact) mass is 252 g/mol. The SMILES string of the molecule is COCCNC(=O)CN(C)c1nccc(C)c1N. The smallest absolute Gasteiger partial charge is 0.239 e. The van der Waals surface area contributed by atoms with Crippen molar-refractivity contribution in [2.45, 2.75) is 6.92 Å². The van der Waals surface area contributed by atoms with Crippen LogP contribution >= 0.6 is 0 Å². The van der Waals surface area contributed by atoms with Gasteiger partial charge < -0.3 is 20.7 Å². The van der Waals surface area contributed by atoms with Crippen molar-refractivity contribution in [2.24, 2.45) is 0 Å². The fraction of sp³-hybridized carbons (Fsp3) is 0.500. The molecule has 0 aromatic carbocycles. The highest BCUT2D eigenvalue weighted by atomic mass is 16.5. The van der Waals surface area contributed by atoms with Gasteiger partial charge in [-0.1, -0.05) is 0 Å². The Morgan fingerprint density at radius 3 is 3.00 bits per heavy atom. The average Bonchev–Trinajstić information content (AvgIpc) is 2.32. The fourth-order valence-electron chi connectivity index (χ4n) is 1.50. The van der Waals surface area contributed by atoms with E-state index >= 15 is 0 Å². The largest absolute Gasteiger partial charge is 0.396 e. The van der Waals surface area contributed by atoms with Crippen LogP contribution < -0.4 is 16.0 Å². The molecule has 0 fully saturated rings. The molecule has 0 atom stereocenters. The number of hydrogen-bond donors (Lipinski definition) is 2. The second-order valence-corrected chi connectivity index (χ2v) is 4.06. The van der Waals surface area contributed by atoms with E-state index in [1.54, 1.807) is 25.3 Å². The molecule has 1 aromatic rings. The fourth-order valence-corrected chi connectivity index (χ4v) is 1.50. The molecule has 3 N–H and O–H groups in total. The van der Waals surface area contributed by atoms with Crippen LogP contribution in [0.2, 0.25) is 0 Å². The van der Waals surface area contributed by atoms with Crippen molar-refractivity contribution in [1.82, 2.24) is 10.3 Å². The van der Waals surface area contributed by atoms with Gasteiger partial charge in [-0.15, -0.1) is 0 Å². The third-order valence-electron chi connectivity index (χ3n) is 2.56. The number of amides is 1. The molecule has 1 rings (SSSR count). The summed E-state index contributed by atoms with van der Waals surface area (Å²) in [5.74, 6) is 0.536. The molecular weight excluding hydrogens is 232 g/mol. The van der Waals surface area contributed by atoms with E-state index in [0.29, 0.717) is 24.7 Å². The van der Waals surface area contributed by atoms with Crippen LogP contribution in [-0.2, 0) is 9.53 Å². The van der Waals surface area contributed by atoms with E-state index in [9.17, 15) is 4.79 Å². The van der Waals surface area contributed by atoms with Gasteiger partial charge in [0.05, 0.1) is 18.8 Å². The number of carbonyl (C=O) groups excluding carboxylic acids is 1. The zero-order valence-corrected chi connectivity index (χ0v) is 11.1. The summed E-state index contributed by atoms with van der Waals surface area (Å²) in [6.45, 7) is 3.12. The van der Waals surface area contributed by atoms with Crippen molar-refractivity contribution in [3.63, 3.8) is 0 Å². The molecule has 0 aliphatic rings. The molecule has 6 nitrogen and oxygen atoms in total. The number of ether oxygens (including phenoxy) is 1. The number of likely N-dealkylation sites (N-methyl/N-ethyl adjacent to an activating group) is 1. The number of nitrogens with zero attached hydrogens (tertiary/aromatic N) is 2. The number of nitrogen functional groups attached to an aromatic ring is 1. The maximum absolute atomic E-state index is 11.6. The molecule has 0 aliphatic heterocycles.